The molecule has 0 spiro atoms. The molecule has 0 aromatic heterocycles. The highest BCUT2D eigenvalue weighted by Gasteiger charge is 2.27. The summed E-state index contributed by atoms with van der Waals surface area (Å²) in [6, 6.07) is 0. The van der Waals surface area contributed by atoms with Gasteiger partial charge in [-0.1, -0.05) is 18.2 Å². The fraction of sp³-hybridized carbons (Fsp3) is 0.650. The molecule has 0 bridgehead atoms. The molecule has 0 aromatic rings. The molecule has 0 aliphatic carbocycles. The van der Waals surface area contributed by atoms with E-state index in [1.54, 1.807) is 4.90 Å². The molecular formula is C20H32N2O3. The van der Waals surface area contributed by atoms with E-state index in [4.69, 9.17) is 9.47 Å². The van der Waals surface area contributed by atoms with Gasteiger partial charge in [0, 0.05) is 25.9 Å². The van der Waals surface area contributed by atoms with Crippen molar-refractivity contribution in [2.24, 2.45) is 0 Å². The van der Waals surface area contributed by atoms with Crippen LogP contribution in [0, 0.1) is 0 Å². The second-order valence-electron chi connectivity index (χ2n) is 7.51. The topological polar surface area (TPSA) is 50.8 Å². The van der Waals surface area contributed by atoms with Crippen LogP contribution in [0.25, 0.3) is 0 Å². The summed E-state index contributed by atoms with van der Waals surface area (Å²) in [6.45, 7) is 9.04. The Bertz CT molecular complexity index is 510. The lowest BCUT2D eigenvalue weighted by atomic mass is 10.1. The number of carbonyl (C=O) groups is 1. The fourth-order valence-electron chi connectivity index (χ4n) is 2.76. The third kappa shape index (κ3) is 7.78. The van der Waals surface area contributed by atoms with Crippen molar-refractivity contribution in [1.29, 1.82) is 0 Å². The van der Waals surface area contributed by atoms with Gasteiger partial charge in [-0.2, -0.15) is 0 Å². The Hall–Kier alpha value is -1.75. The van der Waals surface area contributed by atoms with Crippen molar-refractivity contribution in [3.8, 4) is 0 Å². The summed E-state index contributed by atoms with van der Waals surface area (Å²) in [5.74, 6) is 0.897. The molecule has 2 aliphatic heterocycles. The van der Waals surface area contributed by atoms with Crippen LogP contribution in [0.2, 0.25) is 0 Å². The summed E-state index contributed by atoms with van der Waals surface area (Å²) in [6.07, 6.45) is 14.0. The highest BCUT2D eigenvalue weighted by Crippen LogP contribution is 2.20. The molecule has 0 radical (unpaired) electrons. The van der Waals surface area contributed by atoms with E-state index < -0.39 is 5.60 Å². The van der Waals surface area contributed by atoms with E-state index in [0.29, 0.717) is 13.1 Å². The summed E-state index contributed by atoms with van der Waals surface area (Å²) < 4.78 is 11.6. The predicted octanol–water partition coefficient (Wildman–Crippen LogP) is 3.78. The van der Waals surface area contributed by atoms with Gasteiger partial charge in [0.05, 0.1) is 0 Å². The highest BCUT2D eigenvalue weighted by molar-refractivity contribution is 5.68. The van der Waals surface area contributed by atoms with Crippen LogP contribution in [0.4, 0.5) is 4.79 Å². The maximum absolute atomic E-state index is 12.1. The molecule has 25 heavy (non-hydrogen) atoms. The molecule has 5 nitrogen and oxygen atoms in total. The van der Waals surface area contributed by atoms with E-state index in [-0.39, 0.29) is 12.2 Å². The van der Waals surface area contributed by atoms with Crippen molar-refractivity contribution in [2.45, 2.75) is 58.2 Å². The minimum atomic E-state index is -0.448. The molecule has 0 saturated carbocycles. The highest BCUT2D eigenvalue weighted by atomic mass is 16.6. The minimum Gasteiger partial charge on any atom is -0.490 e. The number of nitrogens with one attached hydrogen (secondary N) is 1. The Balaban J connectivity index is 1.84. The van der Waals surface area contributed by atoms with E-state index in [1.165, 1.54) is 0 Å². The summed E-state index contributed by atoms with van der Waals surface area (Å²) >= 11 is 0. The number of likely N-dealkylation sites (tertiary alicyclic amines) is 1. The predicted molar refractivity (Wildman–Crippen MR) is 100 cm³/mol. The minimum absolute atomic E-state index is 0.145. The average Bonchev–Trinajstić information content (AvgIpc) is 2.60. The fourth-order valence-corrected chi connectivity index (χ4v) is 2.76. The Morgan fingerprint density at radius 3 is 2.52 bits per heavy atom. The number of amides is 1. The van der Waals surface area contributed by atoms with Gasteiger partial charge in [-0.05, 0) is 58.9 Å². The third-order valence-electron chi connectivity index (χ3n) is 4.05. The monoisotopic (exact) mass is 348 g/mol. The molecule has 2 heterocycles. The molecule has 1 saturated heterocycles. The number of rotatable bonds is 2. The molecule has 1 fully saturated rings. The van der Waals surface area contributed by atoms with Crippen LogP contribution in [0.3, 0.4) is 0 Å². The maximum Gasteiger partial charge on any atom is 0.410 e. The first-order chi connectivity index (χ1) is 11.9. The summed E-state index contributed by atoms with van der Waals surface area (Å²) in [7, 11) is 0. The average molecular weight is 348 g/mol. The van der Waals surface area contributed by atoms with Gasteiger partial charge < -0.3 is 19.7 Å². The second-order valence-corrected chi connectivity index (χ2v) is 7.51. The van der Waals surface area contributed by atoms with E-state index in [1.807, 2.05) is 26.8 Å². The Labute approximate surface area is 151 Å². The van der Waals surface area contributed by atoms with Gasteiger partial charge in [0.1, 0.15) is 17.5 Å². The SMILES string of the molecule is CC(C)(C)OC(=O)N1CCC(OC2=C/C=C/CCNCC\C=C\2)CC1. The molecule has 2 aliphatic rings. The van der Waals surface area contributed by atoms with Crippen molar-refractivity contribution in [3.63, 3.8) is 0 Å². The normalized spacial score (nSPS) is 25.2. The van der Waals surface area contributed by atoms with E-state index in [2.05, 4.69) is 29.6 Å². The van der Waals surface area contributed by atoms with Gasteiger partial charge in [-0.25, -0.2) is 4.79 Å². The number of ether oxygens (including phenoxy) is 2. The van der Waals surface area contributed by atoms with Crippen molar-refractivity contribution in [2.75, 3.05) is 26.2 Å². The van der Waals surface area contributed by atoms with E-state index >= 15 is 0 Å². The molecule has 0 atom stereocenters. The Morgan fingerprint density at radius 2 is 1.84 bits per heavy atom. The zero-order chi connectivity index (χ0) is 18.1. The number of hydrogen-bond donors (Lipinski definition) is 1. The number of hydrogen-bond acceptors (Lipinski definition) is 4. The maximum atomic E-state index is 12.1. The summed E-state index contributed by atoms with van der Waals surface area (Å²) in [4.78, 5) is 13.9. The van der Waals surface area contributed by atoms with Crippen LogP contribution >= 0.6 is 0 Å². The standard InChI is InChI=1S/C20H32N2O3/c1-20(2,3)25-19(23)22-15-11-18(12-16-22)24-17-9-5-4-7-13-21-14-8-6-10-17/h4-6,9-10,18,21H,7-8,11-16H2,1-3H3/b5-4+,10-6+,17-9+. The lowest BCUT2D eigenvalue weighted by Crippen LogP contribution is -2.43. The van der Waals surface area contributed by atoms with Crippen LogP contribution in [-0.2, 0) is 9.47 Å². The molecular weight excluding hydrogens is 316 g/mol. The van der Waals surface area contributed by atoms with Crippen molar-refractivity contribution in [3.05, 3.63) is 36.1 Å². The van der Waals surface area contributed by atoms with Crippen molar-refractivity contribution >= 4 is 6.09 Å². The van der Waals surface area contributed by atoms with Gasteiger partial charge in [0.25, 0.3) is 0 Å². The van der Waals surface area contributed by atoms with Crippen molar-refractivity contribution in [1.82, 2.24) is 10.2 Å². The first kappa shape index (κ1) is 19.6. The number of carbonyl (C=O) groups excluding carboxylic acids is 1. The van der Waals surface area contributed by atoms with Crippen molar-refractivity contribution < 1.29 is 14.3 Å². The second kappa shape index (κ2) is 9.66. The van der Waals surface area contributed by atoms with Crippen LogP contribution in [-0.4, -0.2) is 48.9 Å². The van der Waals surface area contributed by atoms with E-state index in [0.717, 1.165) is 44.5 Å². The zero-order valence-corrected chi connectivity index (χ0v) is 15.8. The number of nitrogens with zero attached hydrogens (tertiary/aromatic N) is 1. The van der Waals surface area contributed by atoms with Gasteiger partial charge >= 0.3 is 6.09 Å². The lowest BCUT2D eigenvalue weighted by Gasteiger charge is -2.33. The molecule has 2 rings (SSSR count). The van der Waals surface area contributed by atoms with E-state index in [9.17, 15) is 4.79 Å². The molecule has 1 N–H and O–H groups in total. The van der Waals surface area contributed by atoms with Gasteiger partial charge in [-0.15, -0.1) is 0 Å². The lowest BCUT2D eigenvalue weighted by molar-refractivity contribution is 0.00557. The number of piperidine rings is 1. The summed E-state index contributed by atoms with van der Waals surface area (Å²) in [5.41, 5.74) is -0.448. The number of allylic oxidation sites excluding steroid dienone is 3. The molecule has 0 aromatic carbocycles. The first-order valence-electron chi connectivity index (χ1n) is 9.33. The first-order valence-corrected chi connectivity index (χ1v) is 9.33. The Kier molecular flexibility index (Phi) is 7.56. The van der Waals surface area contributed by atoms with Crippen LogP contribution in [0.5, 0.6) is 0 Å². The largest absolute Gasteiger partial charge is 0.490 e. The van der Waals surface area contributed by atoms with Crippen LogP contribution in [0.1, 0.15) is 46.5 Å². The summed E-state index contributed by atoms with van der Waals surface area (Å²) in [5, 5.41) is 3.39. The van der Waals surface area contributed by atoms with Gasteiger partial charge in [0.15, 0.2) is 0 Å². The van der Waals surface area contributed by atoms with Crippen LogP contribution in [0.15, 0.2) is 36.1 Å². The Morgan fingerprint density at radius 1 is 1.16 bits per heavy atom. The molecule has 5 heteroatoms. The third-order valence-corrected chi connectivity index (χ3v) is 4.05. The smallest absolute Gasteiger partial charge is 0.410 e. The molecule has 1 amide bonds. The van der Waals surface area contributed by atoms with Gasteiger partial charge in [0.2, 0.25) is 0 Å². The quantitative estimate of drug-likeness (QED) is 0.825. The molecule has 0 unspecified atom stereocenters. The van der Waals surface area contributed by atoms with Gasteiger partial charge in [-0.3, -0.25) is 0 Å². The molecule has 140 valence electrons. The van der Waals surface area contributed by atoms with Crippen LogP contribution < -0.4 is 5.32 Å². The zero-order valence-electron chi connectivity index (χ0n) is 15.8.